The minimum Gasteiger partial charge on any atom is -0.454 e. The van der Waals surface area contributed by atoms with Gasteiger partial charge in [0.2, 0.25) is 10.0 Å². The summed E-state index contributed by atoms with van der Waals surface area (Å²) in [5.41, 5.74) is 2.73. The van der Waals surface area contributed by atoms with Gasteiger partial charge in [-0.15, -0.1) is 0 Å². The number of sulfonamides is 1. The number of carbonyl (C=O) groups excluding carboxylic acids is 2. The van der Waals surface area contributed by atoms with Crippen molar-refractivity contribution in [1.29, 1.82) is 0 Å². The van der Waals surface area contributed by atoms with Crippen molar-refractivity contribution in [3.05, 3.63) is 102 Å². The molecule has 1 saturated heterocycles. The van der Waals surface area contributed by atoms with Gasteiger partial charge in [0.1, 0.15) is 6.04 Å². The van der Waals surface area contributed by atoms with Crippen LogP contribution in [0.1, 0.15) is 35.6 Å². The molecule has 1 fully saturated rings. The molecule has 1 heterocycles. The second-order valence-electron chi connectivity index (χ2n) is 8.52. The van der Waals surface area contributed by atoms with E-state index in [0.717, 1.165) is 16.7 Å². The molecule has 0 radical (unpaired) electrons. The predicted molar refractivity (Wildman–Crippen MR) is 132 cm³/mol. The van der Waals surface area contributed by atoms with Crippen LogP contribution >= 0.6 is 0 Å². The lowest BCUT2D eigenvalue weighted by Gasteiger charge is -2.23. The molecular weight excluding hydrogens is 464 g/mol. The van der Waals surface area contributed by atoms with E-state index in [1.54, 1.807) is 12.1 Å². The fourth-order valence-electron chi connectivity index (χ4n) is 4.19. The number of esters is 1. The topological polar surface area (TPSA) is 92.8 Å². The lowest BCUT2D eigenvalue weighted by Crippen LogP contribution is -2.42. The monoisotopic (exact) mass is 492 g/mol. The molecule has 4 rings (SSSR count). The van der Waals surface area contributed by atoms with Crippen LogP contribution in [0.4, 0.5) is 0 Å². The highest BCUT2D eigenvalue weighted by atomic mass is 32.2. The van der Waals surface area contributed by atoms with E-state index in [2.05, 4.69) is 5.32 Å². The number of rotatable bonds is 8. The molecule has 0 aromatic heterocycles. The van der Waals surface area contributed by atoms with Crippen LogP contribution in [0.5, 0.6) is 0 Å². The number of ether oxygens (including phenoxy) is 1. The summed E-state index contributed by atoms with van der Waals surface area (Å²) in [5.74, 6) is -1.19. The van der Waals surface area contributed by atoms with Gasteiger partial charge in [0.25, 0.3) is 5.91 Å². The number of nitrogens with one attached hydrogen (secondary N) is 1. The maximum Gasteiger partial charge on any atom is 0.324 e. The smallest absolute Gasteiger partial charge is 0.324 e. The van der Waals surface area contributed by atoms with E-state index in [1.165, 1.54) is 16.4 Å². The molecule has 3 aromatic rings. The minimum absolute atomic E-state index is 0.133. The summed E-state index contributed by atoms with van der Waals surface area (Å²) in [6, 6.07) is 24.1. The number of aryl methyl sites for hydroxylation is 1. The Kier molecular flexibility index (Phi) is 7.63. The lowest BCUT2D eigenvalue weighted by molar-refractivity contribution is -0.151. The molecule has 1 atom stereocenters. The first-order valence-electron chi connectivity index (χ1n) is 11.5. The zero-order valence-corrected chi connectivity index (χ0v) is 20.3. The van der Waals surface area contributed by atoms with Gasteiger partial charge in [-0.2, -0.15) is 4.31 Å². The van der Waals surface area contributed by atoms with Gasteiger partial charge < -0.3 is 10.1 Å². The highest BCUT2D eigenvalue weighted by Gasteiger charge is 2.40. The molecule has 0 unspecified atom stereocenters. The van der Waals surface area contributed by atoms with Crippen molar-refractivity contribution in [2.45, 2.75) is 36.7 Å². The molecule has 1 aliphatic rings. The Morgan fingerprint density at radius 1 is 0.943 bits per heavy atom. The van der Waals surface area contributed by atoms with E-state index in [9.17, 15) is 18.0 Å². The van der Waals surface area contributed by atoms with Gasteiger partial charge >= 0.3 is 5.97 Å². The van der Waals surface area contributed by atoms with Crippen molar-refractivity contribution >= 4 is 21.9 Å². The zero-order valence-electron chi connectivity index (χ0n) is 19.5. The maximum atomic E-state index is 13.1. The molecule has 8 heteroatoms. The molecule has 1 N–H and O–H groups in total. The second kappa shape index (κ2) is 10.8. The molecule has 0 aliphatic carbocycles. The Bertz CT molecular complexity index is 1220. The molecule has 1 aliphatic heterocycles. The number of nitrogens with zero attached hydrogens (tertiary/aromatic N) is 1. The molecule has 182 valence electrons. The zero-order chi connectivity index (χ0) is 24.8. The van der Waals surface area contributed by atoms with E-state index in [0.29, 0.717) is 12.8 Å². The first-order chi connectivity index (χ1) is 16.9. The fourth-order valence-corrected chi connectivity index (χ4v) is 5.84. The van der Waals surface area contributed by atoms with E-state index >= 15 is 0 Å². The Labute approximate surface area is 205 Å². The van der Waals surface area contributed by atoms with E-state index in [-0.39, 0.29) is 11.4 Å². The van der Waals surface area contributed by atoms with E-state index < -0.39 is 40.6 Å². The molecule has 0 saturated carbocycles. The summed E-state index contributed by atoms with van der Waals surface area (Å²) in [5, 5.41) is 2.92. The normalized spacial score (nSPS) is 16.2. The van der Waals surface area contributed by atoms with Crippen LogP contribution in [0.15, 0.2) is 89.8 Å². The van der Waals surface area contributed by atoms with Gasteiger partial charge in [0, 0.05) is 6.54 Å². The van der Waals surface area contributed by atoms with Gasteiger partial charge in [-0.25, -0.2) is 8.42 Å². The van der Waals surface area contributed by atoms with Gasteiger partial charge in [-0.1, -0.05) is 78.4 Å². The highest BCUT2D eigenvalue weighted by Crippen LogP contribution is 2.27. The number of carbonyl (C=O) groups is 2. The van der Waals surface area contributed by atoms with Crippen molar-refractivity contribution < 1.29 is 22.7 Å². The van der Waals surface area contributed by atoms with Crippen molar-refractivity contribution in [2.75, 3.05) is 13.2 Å². The van der Waals surface area contributed by atoms with Gasteiger partial charge in [-0.3, -0.25) is 9.59 Å². The van der Waals surface area contributed by atoms with Crippen molar-refractivity contribution in [1.82, 2.24) is 9.62 Å². The fraction of sp³-hybridized carbons (Fsp3) is 0.259. The summed E-state index contributed by atoms with van der Waals surface area (Å²) in [6.07, 6.45) is 0.892. The van der Waals surface area contributed by atoms with Crippen LogP contribution < -0.4 is 5.32 Å². The molecule has 0 bridgehead atoms. The Hall–Kier alpha value is -3.49. The Morgan fingerprint density at radius 3 is 2.09 bits per heavy atom. The van der Waals surface area contributed by atoms with E-state index in [1.807, 2.05) is 67.6 Å². The number of hydrogen-bond acceptors (Lipinski definition) is 5. The molecular formula is C27H28N2O5S. The average molecular weight is 493 g/mol. The summed E-state index contributed by atoms with van der Waals surface area (Å²) in [6.45, 7) is 1.60. The summed E-state index contributed by atoms with van der Waals surface area (Å²) in [7, 11) is -3.85. The third-order valence-corrected chi connectivity index (χ3v) is 7.94. The van der Waals surface area contributed by atoms with Crippen LogP contribution in [0.25, 0.3) is 0 Å². The van der Waals surface area contributed by atoms with Crippen molar-refractivity contribution in [2.24, 2.45) is 0 Å². The third kappa shape index (κ3) is 5.78. The predicted octanol–water partition coefficient (Wildman–Crippen LogP) is 3.60. The number of hydrogen-bond donors (Lipinski definition) is 1. The quantitative estimate of drug-likeness (QED) is 0.485. The lowest BCUT2D eigenvalue weighted by atomic mass is 9.99. The standard InChI is InChI=1S/C27H28N2O5S/c1-20-14-16-23(17-15-20)35(32,33)29-18-8-13-24(29)27(31)34-19-25(30)28-26(21-9-4-2-5-10-21)22-11-6-3-7-12-22/h2-7,9-12,14-17,24,26H,8,13,18-19H2,1H3,(H,28,30)/t24-/m0/s1. The van der Waals surface area contributed by atoms with Crippen LogP contribution in [0.2, 0.25) is 0 Å². The van der Waals surface area contributed by atoms with Crippen LogP contribution in [-0.4, -0.2) is 43.8 Å². The largest absolute Gasteiger partial charge is 0.454 e. The third-order valence-electron chi connectivity index (χ3n) is 6.02. The molecule has 0 spiro atoms. The van der Waals surface area contributed by atoms with E-state index in [4.69, 9.17) is 4.74 Å². The van der Waals surface area contributed by atoms with Crippen molar-refractivity contribution in [3.63, 3.8) is 0 Å². The number of amides is 1. The molecule has 7 nitrogen and oxygen atoms in total. The van der Waals surface area contributed by atoms with Crippen LogP contribution in [-0.2, 0) is 24.3 Å². The van der Waals surface area contributed by atoms with Crippen LogP contribution in [0.3, 0.4) is 0 Å². The summed E-state index contributed by atoms with van der Waals surface area (Å²) >= 11 is 0. The SMILES string of the molecule is Cc1ccc(S(=O)(=O)N2CCC[C@H]2C(=O)OCC(=O)NC(c2ccccc2)c2ccccc2)cc1. The van der Waals surface area contributed by atoms with Crippen LogP contribution in [0, 0.1) is 6.92 Å². The van der Waals surface area contributed by atoms with Gasteiger partial charge in [-0.05, 0) is 43.0 Å². The second-order valence-corrected chi connectivity index (χ2v) is 10.4. The Morgan fingerprint density at radius 2 is 1.51 bits per heavy atom. The molecule has 1 amide bonds. The average Bonchev–Trinajstić information content (AvgIpc) is 3.38. The van der Waals surface area contributed by atoms with Crippen molar-refractivity contribution in [3.8, 4) is 0 Å². The highest BCUT2D eigenvalue weighted by molar-refractivity contribution is 7.89. The Balaban J connectivity index is 1.41. The molecule has 3 aromatic carbocycles. The first-order valence-corrected chi connectivity index (χ1v) is 12.9. The number of benzene rings is 3. The first kappa shape index (κ1) is 24.6. The minimum atomic E-state index is -3.85. The molecule has 35 heavy (non-hydrogen) atoms. The van der Waals surface area contributed by atoms with Gasteiger partial charge in [0.05, 0.1) is 10.9 Å². The summed E-state index contributed by atoms with van der Waals surface area (Å²) < 4.78 is 32.7. The summed E-state index contributed by atoms with van der Waals surface area (Å²) in [4.78, 5) is 25.7. The van der Waals surface area contributed by atoms with Gasteiger partial charge in [0.15, 0.2) is 6.61 Å². The maximum absolute atomic E-state index is 13.1.